The molecule has 0 aliphatic rings. The van der Waals surface area contributed by atoms with E-state index in [1.54, 1.807) is 12.1 Å². The molecule has 1 aromatic rings. The first-order chi connectivity index (χ1) is 9.30. The fraction of sp³-hybridized carbons (Fsp3) is 0.600. The van der Waals surface area contributed by atoms with Gasteiger partial charge in [-0.05, 0) is 36.9 Å². The summed E-state index contributed by atoms with van der Waals surface area (Å²) < 4.78 is 0. The Balaban J connectivity index is 3.06. The van der Waals surface area contributed by atoms with E-state index in [2.05, 4.69) is 25.7 Å². The minimum Gasteiger partial charge on any atom is -0.371 e. The number of aryl methyl sites for hydroxylation is 1. The zero-order valence-corrected chi connectivity index (χ0v) is 12.8. The minimum absolute atomic E-state index is 0.0172. The van der Waals surface area contributed by atoms with Gasteiger partial charge in [0.15, 0.2) is 0 Å². The largest absolute Gasteiger partial charge is 0.371 e. The molecule has 0 saturated heterocycles. The summed E-state index contributed by atoms with van der Waals surface area (Å²) >= 11 is 0. The summed E-state index contributed by atoms with van der Waals surface area (Å²) in [4.78, 5) is 12.7. The molecule has 5 heteroatoms. The van der Waals surface area contributed by atoms with Crippen LogP contribution < -0.4 is 10.6 Å². The van der Waals surface area contributed by atoms with Gasteiger partial charge in [-0.2, -0.15) is 0 Å². The number of non-ortho nitro benzene ring substituents is 1. The number of nitrogens with two attached hydrogens (primary N) is 1. The van der Waals surface area contributed by atoms with Crippen LogP contribution in [0.1, 0.15) is 32.8 Å². The number of rotatable bonds is 7. The number of anilines is 1. The highest BCUT2D eigenvalue weighted by molar-refractivity contribution is 5.57. The lowest BCUT2D eigenvalue weighted by Crippen LogP contribution is -2.39. The molecule has 0 amide bonds. The molecule has 0 atom stereocenters. The Morgan fingerprint density at radius 1 is 1.40 bits per heavy atom. The minimum atomic E-state index is -0.356. The zero-order chi connectivity index (χ0) is 15.3. The summed E-state index contributed by atoms with van der Waals surface area (Å²) in [6.07, 6.45) is 1.02. The van der Waals surface area contributed by atoms with Crippen molar-refractivity contribution in [1.29, 1.82) is 0 Å². The normalized spacial score (nSPS) is 11.4. The summed E-state index contributed by atoms with van der Waals surface area (Å²) in [5.41, 5.74) is 7.96. The van der Waals surface area contributed by atoms with Crippen molar-refractivity contribution in [3.8, 4) is 0 Å². The molecule has 0 aliphatic carbocycles. The summed E-state index contributed by atoms with van der Waals surface area (Å²) in [6, 6.07) is 5.05. The molecule has 1 rings (SSSR count). The van der Waals surface area contributed by atoms with Crippen LogP contribution in [0, 0.1) is 22.5 Å². The molecule has 20 heavy (non-hydrogen) atoms. The highest BCUT2D eigenvalue weighted by atomic mass is 16.6. The number of nitro benzene ring substituents is 1. The average molecular weight is 279 g/mol. The van der Waals surface area contributed by atoms with Gasteiger partial charge in [-0.25, -0.2) is 0 Å². The smallest absolute Gasteiger partial charge is 0.269 e. The van der Waals surface area contributed by atoms with Crippen molar-refractivity contribution in [3.05, 3.63) is 33.9 Å². The predicted octanol–water partition coefficient (Wildman–Crippen LogP) is 3.10. The number of nitrogens with zero attached hydrogens (tertiary/aromatic N) is 2. The number of benzene rings is 1. The molecular weight excluding hydrogens is 254 g/mol. The van der Waals surface area contributed by atoms with E-state index in [1.807, 2.05) is 13.0 Å². The molecule has 112 valence electrons. The molecule has 2 N–H and O–H groups in total. The monoisotopic (exact) mass is 279 g/mol. The molecular formula is C15H25N3O2. The van der Waals surface area contributed by atoms with Crippen LogP contribution in [0.15, 0.2) is 18.2 Å². The fourth-order valence-electron chi connectivity index (χ4n) is 2.24. The first-order valence-electron chi connectivity index (χ1n) is 7.01. The molecule has 0 unspecified atom stereocenters. The Morgan fingerprint density at radius 3 is 2.50 bits per heavy atom. The van der Waals surface area contributed by atoms with Crippen molar-refractivity contribution in [1.82, 2.24) is 0 Å². The highest BCUT2D eigenvalue weighted by Crippen LogP contribution is 2.27. The Bertz CT molecular complexity index is 472. The Morgan fingerprint density at radius 2 is 2.05 bits per heavy atom. The van der Waals surface area contributed by atoms with E-state index in [0.29, 0.717) is 6.54 Å². The number of hydrogen-bond acceptors (Lipinski definition) is 4. The Labute approximate surface area is 120 Å². The maximum Gasteiger partial charge on any atom is 0.269 e. The molecule has 0 spiro atoms. The Hall–Kier alpha value is -1.62. The second-order valence-electron chi connectivity index (χ2n) is 6.02. The molecule has 5 nitrogen and oxygen atoms in total. The van der Waals surface area contributed by atoms with Gasteiger partial charge in [-0.15, -0.1) is 0 Å². The van der Waals surface area contributed by atoms with Gasteiger partial charge in [0.25, 0.3) is 5.69 Å². The van der Waals surface area contributed by atoms with Crippen molar-refractivity contribution in [2.75, 3.05) is 24.5 Å². The molecule has 0 fully saturated rings. The lowest BCUT2D eigenvalue weighted by atomic mass is 9.92. The SMILES string of the molecule is CCCN(CC(C)(C)CN)c1ccc([N+](=O)[O-])cc1C. The van der Waals surface area contributed by atoms with Gasteiger partial charge >= 0.3 is 0 Å². The first-order valence-corrected chi connectivity index (χ1v) is 7.01. The summed E-state index contributed by atoms with van der Waals surface area (Å²) in [5, 5.41) is 10.8. The third-order valence-electron chi connectivity index (χ3n) is 3.40. The number of hydrogen-bond donors (Lipinski definition) is 1. The van der Waals surface area contributed by atoms with E-state index < -0.39 is 0 Å². The van der Waals surface area contributed by atoms with Gasteiger partial charge in [-0.3, -0.25) is 10.1 Å². The van der Waals surface area contributed by atoms with Gasteiger partial charge in [0.05, 0.1) is 4.92 Å². The fourth-order valence-corrected chi connectivity index (χ4v) is 2.24. The van der Waals surface area contributed by atoms with Gasteiger partial charge in [-0.1, -0.05) is 20.8 Å². The van der Waals surface area contributed by atoms with E-state index in [9.17, 15) is 10.1 Å². The first kappa shape index (κ1) is 16.4. The van der Waals surface area contributed by atoms with Crippen LogP contribution in [0.4, 0.5) is 11.4 Å². The van der Waals surface area contributed by atoms with Crippen molar-refractivity contribution in [2.45, 2.75) is 34.1 Å². The molecule has 1 aromatic carbocycles. The van der Waals surface area contributed by atoms with Crippen LogP contribution in [0.3, 0.4) is 0 Å². The molecule has 0 heterocycles. The van der Waals surface area contributed by atoms with E-state index in [-0.39, 0.29) is 16.0 Å². The van der Waals surface area contributed by atoms with Gasteiger partial charge in [0, 0.05) is 30.9 Å². The van der Waals surface area contributed by atoms with Crippen molar-refractivity contribution < 1.29 is 4.92 Å². The number of nitro groups is 1. The third kappa shape index (κ3) is 4.20. The van der Waals surface area contributed by atoms with Crippen LogP contribution in [0.2, 0.25) is 0 Å². The lowest BCUT2D eigenvalue weighted by Gasteiger charge is -2.34. The quantitative estimate of drug-likeness (QED) is 0.615. The Kier molecular flexibility index (Phi) is 5.51. The lowest BCUT2D eigenvalue weighted by molar-refractivity contribution is -0.384. The second-order valence-corrected chi connectivity index (χ2v) is 6.02. The average Bonchev–Trinajstić information content (AvgIpc) is 2.38. The third-order valence-corrected chi connectivity index (χ3v) is 3.40. The molecule has 0 aromatic heterocycles. The van der Waals surface area contributed by atoms with E-state index in [0.717, 1.165) is 30.8 Å². The van der Waals surface area contributed by atoms with Crippen LogP contribution in [-0.4, -0.2) is 24.6 Å². The highest BCUT2D eigenvalue weighted by Gasteiger charge is 2.21. The summed E-state index contributed by atoms with van der Waals surface area (Å²) in [5.74, 6) is 0. The van der Waals surface area contributed by atoms with E-state index in [4.69, 9.17) is 5.73 Å². The summed E-state index contributed by atoms with van der Waals surface area (Å²) in [7, 11) is 0. The van der Waals surface area contributed by atoms with Crippen LogP contribution in [-0.2, 0) is 0 Å². The van der Waals surface area contributed by atoms with E-state index in [1.165, 1.54) is 0 Å². The van der Waals surface area contributed by atoms with Crippen molar-refractivity contribution in [2.24, 2.45) is 11.1 Å². The molecule has 0 aliphatic heterocycles. The van der Waals surface area contributed by atoms with Gasteiger partial charge in [0.1, 0.15) is 0 Å². The second kappa shape index (κ2) is 6.70. The maximum atomic E-state index is 10.8. The zero-order valence-electron chi connectivity index (χ0n) is 12.8. The maximum absolute atomic E-state index is 10.8. The topological polar surface area (TPSA) is 72.4 Å². The van der Waals surface area contributed by atoms with Crippen molar-refractivity contribution in [3.63, 3.8) is 0 Å². The van der Waals surface area contributed by atoms with Crippen LogP contribution in [0.5, 0.6) is 0 Å². The molecule has 0 saturated carbocycles. The van der Waals surface area contributed by atoms with E-state index >= 15 is 0 Å². The standard InChI is InChI=1S/C15H25N3O2/c1-5-8-17(11-15(3,4)10-16)14-7-6-13(18(19)20)9-12(14)2/h6-7,9H,5,8,10-11,16H2,1-4H3. The van der Waals surface area contributed by atoms with Crippen molar-refractivity contribution >= 4 is 11.4 Å². The molecule has 0 radical (unpaired) electrons. The summed E-state index contributed by atoms with van der Waals surface area (Å²) in [6.45, 7) is 10.7. The molecule has 0 bridgehead atoms. The van der Waals surface area contributed by atoms with Gasteiger partial charge in [0.2, 0.25) is 0 Å². The van der Waals surface area contributed by atoms with Crippen LogP contribution in [0.25, 0.3) is 0 Å². The van der Waals surface area contributed by atoms with Gasteiger partial charge < -0.3 is 10.6 Å². The predicted molar refractivity (Wildman–Crippen MR) is 83.2 cm³/mol. The van der Waals surface area contributed by atoms with Crippen LogP contribution >= 0.6 is 0 Å².